The number of allylic oxidation sites excluding steroid dienone is 4. The molecule has 0 amide bonds. The molecule has 34 heavy (non-hydrogen) atoms. The van der Waals surface area contributed by atoms with Gasteiger partial charge in [0.05, 0.1) is 24.4 Å². The molecule has 4 rings (SSSR count). The topological polar surface area (TPSA) is 86.7 Å². The van der Waals surface area contributed by atoms with Crippen LogP contribution in [-0.4, -0.2) is 36.3 Å². The summed E-state index contributed by atoms with van der Waals surface area (Å²) in [5.74, 6) is -2.63. The van der Waals surface area contributed by atoms with Gasteiger partial charge in [0.2, 0.25) is 11.6 Å². The molecule has 2 aliphatic carbocycles. The molecule has 6 heteroatoms. The minimum atomic E-state index is -0.895. The molecule has 0 atom stereocenters. The number of ketones is 4. The lowest BCUT2D eigenvalue weighted by Crippen LogP contribution is -2.32. The SMILES string of the molecule is CCCOC1=C(C(C)C2=C(OCCC)C(=O)c3ccccc3C2=O)C(=O)c2ccccc2C1=O. The van der Waals surface area contributed by atoms with Gasteiger partial charge >= 0.3 is 0 Å². The first-order valence-electron chi connectivity index (χ1n) is 11.5. The molecule has 0 fully saturated rings. The van der Waals surface area contributed by atoms with Crippen LogP contribution in [0.1, 0.15) is 75.0 Å². The van der Waals surface area contributed by atoms with Crippen molar-refractivity contribution in [3.05, 3.63) is 93.4 Å². The molecule has 174 valence electrons. The van der Waals surface area contributed by atoms with Gasteiger partial charge in [-0.2, -0.15) is 0 Å². The van der Waals surface area contributed by atoms with E-state index in [0.717, 1.165) is 0 Å². The highest BCUT2D eigenvalue weighted by molar-refractivity contribution is 6.29. The van der Waals surface area contributed by atoms with Gasteiger partial charge in [-0.15, -0.1) is 0 Å². The zero-order chi connectivity index (χ0) is 24.4. The zero-order valence-electron chi connectivity index (χ0n) is 19.5. The largest absolute Gasteiger partial charge is 0.489 e. The second-order valence-electron chi connectivity index (χ2n) is 8.31. The van der Waals surface area contributed by atoms with Gasteiger partial charge in [-0.3, -0.25) is 19.2 Å². The number of carbonyl (C=O) groups excluding carboxylic acids is 4. The number of hydrogen-bond donors (Lipinski definition) is 0. The van der Waals surface area contributed by atoms with E-state index in [9.17, 15) is 19.2 Å². The predicted octanol–water partition coefficient (Wildman–Crippen LogP) is 5.14. The van der Waals surface area contributed by atoms with E-state index >= 15 is 0 Å². The Bertz CT molecular complexity index is 1170. The fourth-order valence-electron chi connectivity index (χ4n) is 4.37. The van der Waals surface area contributed by atoms with Gasteiger partial charge in [0.1, 0.15) is 0 Å². The average molecular weight is 459 g/mol. The van der Waals surface area contributed by atoms with Crippen LogP contribution >= 0.6 is 0 Å². The maximum Gasteiger partial charge on any atom is 0.228 e. The van der Waals surface area contributed by atoms with Crippen LogP contribution in [0.4, 0.5) is 0 Å². The van der Waals surface area contributed by atoms with E-state index in [1.807, 2.05) is 13.8 Å². The zero-order valence-corrected chi connectivity index (χ0v) is 19.5. The Labute approximate surface area is 198 Å². The maximum absolute atomic E-state index is 13.6. The molecule has 0 radical (unpaired) electrons. The summed E-state index contributed by atoms with van der Waals surface area (Å²) in [5.41, 5.74) is 1.19. The van der Waals surface area contributed by atoms with E-state index in [4.69, 9.17) is 9.47 Å². The van der Waals surface area contributed by atoms with Crippen molar-refractivity contribution in [3.8, 4) is 0 Å². The highest BCUT2D eigenvalue weighted by Gasteiger charge is 2.42. The fourth-order valence-corrected chi connectivity index (χ4v) is 4.37. The van der Waals surface area contributed by atoms with Gasteiger partial charge in [-0.05, 0) is 12.8 Å². The van der Waals surface area contributed by atoms with E-state index in [-0.39, 0.29) is 58.1 Å². The molecule has 0 saturated carbocycles. The Hall–Kier alpha value is -3.80. The average Bonchev–Trinajstić information content (AvgIpc) is 2.86. The van der Waals surface area contributed by atoms with Crippen molar-refractivity contribution < 1.29 is 28.7 Å². The Balaban J connectivity index is 1.92. The lowest BCUT2D eigenvalue weighted by molar-refractivity contribution is 0.0843. The number of fused-ring (bicyclic) bond motifs is 2. The van der Waals surface area contributed by atoms with Crippen molar-refractivity contribution in [2.24, 2.45) is 5.92 Å². The van der Waals surface area contributed by atoms with E-state index in [2.05, 4.69) is 0 Å². The quantitative estimate of drug-likeness (QED) is 0.544. The van der Waals surface area contributed by atoms with Gasteiger partial charge in [-0.25, -0.2) is 0 Å². The molecular formula is C28H26O6. The molecule has 2 aromatic rings. The van der Waals surface area contributed by atoms with Crippen LogP contribution in [0.15, 0.2) is 71.2 Å². The van der Waals surface area contributed by atoms with Crippen molar-refractivity contribution in [1.82, 2.24) is 0 Å². The van der Waals surface area contributed by atoms with Crippen molar-refractivity contribution >= 4 is 23.1 Å². The summed E-state index contributed by atoms with van der Waals surface area (Å²) in [4.78, 5) is 53.9. The van der Waals surface area contributed by atoms with Gasteiger partial charge in [0.15, 0.2) is 23.1 Å². The van der Waals surface area contributed by atoms with E-state index in [1.54, 1.807) is 55.5 Å². The maximum atomic E-state index is 13.6. The van der Waals surface area contributed by atoms with Gasteiger partial charge in [0.25, 0.3) is 0 Å². The first-order chi connectivity index (χ1) is 16.4. The fraction of sp³-hybridized carbons (Fsp3) is 0.286. The monoisotopic (exact) mass is 458 g/mol. The number of benzene rings is 2. The summed E-state index contributed by atoms with van der Waals surface area (Å²) >= 11 is 0. The van der Waals surface area contributed by atoms with Crippen LogP contribution in [0.5, 0.6) is 0 Å². The minimum absolute atomic E-state index is 0.0699. The second-order valence-corrected chi connectivity index (χ2v) is 8.31. The van der Waals surface area contributed by atoms with Crippen LogP contribution < -0.4 is 0 Å². The van der Waals surface area contributed by atoms with Crippen LogP contribution in [0.2, 0.25) is 0 Å². The van der Waals surface area contributed by atoms with Crippen LogP contribution in [0, 0.1) is 5.92 Å². The second kappa shape index (κ2) is 9.59. The third kappa shape index (κ3) is 3.79. The van der Waals surface area contributed by atoms with E-state index < -0.39 is 29.1 Å². The predicted molar refractivity (Wildman–Crippen MR) is 126 cm³/mol. The molecule has 0 saturated heterocycles. The van der Waals surface area contributed by atoms with Crippen molar-refractivity contribution in [3.63, 3.8) is 0 Å². The minimum Gasteiger partial charge on any atom is -0.489 e. The third-order valence-corrected chi connectivity index (χ3v) is 5.99. The van der Waals surface area contributed by atoms with E-state index in [1.165, 1.54) is 0 Å². The number of hydrogen-bond acceptors (Lipinski definition) is 6. The number of Topliss-reactive ketones (excluding diaryl/α,β-unsaturated/α-hetero) is 4. The summed E-state index contributed by atoms with van der Waals surface area (Å²) in [6.45, 7) is 5.91. The summed E-state index contributed by atoms with van der Waals surface area (Å²) in [7, 11) is 0. The molecular weight excluding hydrogens is 432 g/mol. The summed E-state index contributed by atoms with van der Waals surface area (Å²) in [5, 5.41) is 0. The standard InChI is InChI=1S/C28H26O6/c1-4-14-33-27-21(23(29)17-10-6-8-12-19(17)25(27)31)16(3)22-24(30)18-11-7-9-13-20(18)26(32)28(22)34-15-5-2/h6-13,16H,4-5,14-15H2,1-3H3. The molecule has 0 heterocycles. The van der Waals surface area contributed by atoms with Crippen molar-refractivity contribution in [1.29, 1.82) is 0 Å². The Morgan fingerprint density at radius 1 is 0.588 bits per heavy atom. The van der Waals surface area contributed by atoms with Crippen molar-refractivity contribution in [2.45, 2.75) is 33.6 Å². The smallest absolute Gasteiger partial charge is 0.228 e. The Kier molecular flexibility index (Phi) is 6.59. The molecule has 0 aromatic heterocycles. The first-order valence-corrected chi connectivity index (χ1v) is 11.5. The summed E-state index contributed by atoms with van der Waals surface area (Å²) in [6.07, 6.45) is 1.26. The molecule has 0 unspecified atom stereocenters. The van der Waals surface area contributed by atoms with Crippen LogP contribution in [0.3, 0.4) is 0 Å². The number of rotatable bonds is 8. The molecule has 0 N–H and O–H groups in total. The van der Waals surface area contributed by atoms with E-state index in [0.29, 0.717) is 12.8 Å². The van der Waals surface area contributed by atoms with Crippen molar-refractivity contribution in [2.75, 3.05) is 13.2 Å². The molecule has 6 nitrogen and oxygen atoms in total. The molecule has 0 spiro atoms. The summed E-state index contributed by atoms with van der Waals surface area (Å²) in [6, 6.07) is 13.1. The number of carbonyl (C=O) groups is 4. The van der Waals surface area contributed by atoms with Gasteiger partial charge < -0.3 is 9.47 Å². The van der Waals surface area contributed by atoms with Gasteiger partial charge in [0, 0.05) is 28.2 Å². The highest BCUT2D eigenvalue weighted by Crippen LogP contribution is 2.39. The molecule has 0 bridgehead atoms. The lowest BCUT2D eigenvalue weighted by Gasteiger charge is -2.29. The van der Waals surface area contributed by atoms with Crippen LogP contribution in [-0.2, 0) is 9.47 Å². The van der Waals surface area contributed by atoms with Crippen LogP contribution in [0.25, 0.3) is 0 Å². The lowest BCUT2D eigenvalue weighted by atomic mass is 9.75. The third-order valence-electron chi connectivity index (χ3n) is 5.99. The van der Waals surface area contributed by atoms with Gasteiger partial charge in [-0.1, -0.05) is 69.3 Å². The molecule has 2 aliphatic rings. The normalized spacial score (nSPS) is 15.6. The Morgan fingerprint density at radius 2 is 0.912 bits per heavy atom. The summed E-state index contributed by atoms with van der Waals surface area (Å²) < 4.78 is 11.6. The number of ether oxygens (including phenoxy) is 2. The first kappa shape index (κ1) is 23.4. The highest BCUT2D eigenvalue weighted by atomic mass is 16.5. The molecule has 2 aromatic carbocycles. The molecule has 0 aliphatic heterocycles. The Morgan fingerprint density at radius 3 is 1.24 bits per heavy atom.